The van der Waals surface area contributed by atoms with Crippen LogP contribution in [0.1, 0.15) is 5.56 Å². The molecule has 4 rings (SSSR count). The van der Waals surface area contributed by atoms with Gasteiger partial charge in [-0.1, -0.05) is 18.2 Å². The van der Waals surface area contributed by atoms with Crippen LogP contribution in [0, 0.1) is 0 Å². The first-order valence-corrected chi connectivity index (χ1v) is 8.60. The summed E-state index contributed by atoms with van der Waals surface area (Å²) in [6, 6.07) is 16.6. The summed E-state index contributed by atoms with van der Waals surface area (Å²) < 4.78 is 11.3. The maximum absolute atomic E-state index is 12.1. The Morgan fingerprint density at radius 3 is 2.63 bits per heavy atom. The van der Waals surface area contributed by atoms with E-state index in [1.54, 1.807) is 42.7 Å². The van der Waals surface area contributed by atoms with E-state index in [0.29, 0.717) is 18.0 Å². The van der Waals surface area contributed by atoms with Crippen molar-refractivity contribution in [3.05, 3.63) is 72.6 Å². The van der Waals surface area contributed by atoms with E-state index in [0.717, 1.165) is 12.2 Å². The lowest BCUT2D eigenvalue weighted by Crippen LogP contribution is -2.37. The average molecular weight is 362 g/mol. The molecule has 0 saturated heterocycles. The van der Waals surface area contributed by atoms with Gasteiger partial charge in [-0.3, -0.25) is 0 Å². The van der Waals surface area contributed by atoms with E-state index in [1.165, 1.54) is 5.56 Å². The zero-order chi connectivity index (χ0) is 18.5. The molecule has 0 bridgehead atoms. The Balaban J connectivity index is 1.25. The van der Waals surface area contributed by atoms with Crippen molar-refractivity contribution in [2.24, 2.45) is 0 Å². The van der Waals surface area contributed by atoms with Gasteiger partial charge in [0.25, 0.3) is 0 Å². The lowest BCUT2D eigenvalue weighted by atomic mass is 10.1. The van der Waals surface area contributed by atoms with E-state index in [2.05, 4.69) is 20.6 Å². The number of nitrogens with zero attached hydrogens (tertiary/aromatic N) is 2. The largest absolute Gasteiger partial charge is 0.488 e. The highest BCUT2D eigenvalue weighted by molar-refractivity contribution is 5.89. The molecule has 0 saturated carbocycles. The van der Waals surface area contributed by atoms with Crippen molar-refractivity contribution in [2.45, 2.75) is 12.5 Å². The van der Waals surface area contributed by atoms with Gasteiger partial charge in [0.05, 0.1) is 6.54 Å². The second kappa shape index (κ2) is 7.74. The molecule has 0 fully saturated rings. The summed E-state index contributed by atoms with van der Waals surface area (Å²) in [6.45, 7) is 0.438. The number of hydrogen-bond donors (Lipinski definition) is 2. The Morgan fingerprint density at radius 2 is 1.85 bits per heavy atom. The van der Waals surface area contributed by atoms with Crippen LogP contribution < -0.4 is 20.1 Å². The van der Waals surface area contributed by atoms with Crippen LogP contribution in [0.15, 0.2) is 67.0 Å². The number of carbonyl (C=O) groups is 1. The summed E-state index contributed by atoms with van der Waals surface area (Å²) in [5.41, 5.74) is 1.83. The highest BCUT2D eigenvalue weighted by atomic mass is 16.5. The Bertz CT molecular complexity index is 891. The number of amides is 2. The molecule has 0 spiro atoms. The lowest BCUT2D eigenvalue weighted by Gasteiger charge is -2.13. The molecule has 3 aromatic rings. The molecule has 0 radical (unpaired) electrons. The van der Waals surface area contributed by atoms with Crippen LogP contribution in [0.4, 0.5) is 10.5 Å². The molecule has 0 aliphatic carbocycles. The number of rotatable bonds is 5. The van der Waals surface area contributed by atoms with Crippen LogP contribution in [0.25, 0.3) is 0 Å². The van der Waals surface area contributed by atoms with Crippen LogP contribution in [-0.2, 0) is 6.42 Å². The lowest BCUT2D eigenvalue weighted by molar-refractivity contribution is 0.219. The first-order valence-electron chi connectivity index (χ1n) is 8.60. The van der Waals surface area contributed by atoms with E-state index in [1.807, 2.05) is 24.3 Å². The van der Waals surface area contributed by atoms with Gasteiger partial charge in [-0.15, -0.1) is 0 Å². The minimum atomic E-state index is -0.283. The number of ether oxygens (including phenoxy) is 2. The maximum Gasteiger partial charge on any atom is 0.321 e. The number of nitrogens with one attached hydrogen (secondary N) is 2. The highest BCUT2D eigenvalue weighted by Crippen LogP contribution is 2.27. The van der Waals surface area contributed by atoms with Gasteiger partial charge in [0, 0.05) is 24.5 Å². The van der Waals surface area contributed by atoms with Crippen molar-refractivity contribution in [2.75, 3.05) is 11.9 Å². The first-order chi connectivity index (χ1) is 13.3. The molecule has 2 aromatic carbocycles. The summed E-state index contributed by atoms with van der Waals surface area (Å²) in [5, 5.41) is 5.62. The number of benzene rings is 2. The molecular formula is C20H18N4O3. The molecule has 2 amide bonds. The fourth-order valence-corrected chi connectivity index (χ4v) is 2.80. The fourth-order valence-electron chi connectivity index (χ4n) is 2.80. The summed E-state index contributed by atoms with van der Waals surface area (Å²) in [5.74, 6) is 1.48. The van der Waals surface area contributed by atoms with Crippen LogP contribution in [-0.4, -0.2) is 28.6 Å². The van der Waals surface area contributed by atoms with Crippen LogP contribution in [0.2, 0.25) is 0 Å². The van der Waals surface area contributed by atoms with Gasteiger partial charge in [-0.05, 0) is 42.0 Å². The number of anilines is 1. The molecule has 1 atom stereocenters. The molecule has 1 aromatic heterocycles. The van der Waals surface area contributed by atoms with Gasteiger partial charge in [0.1, 0.15) is 17.6 Å². The number of aromatic nitrogens is 2. The van der Waals surface area contributed by atoms with E-state index in [9.17, 15) is 4.79 Å². The first kappa shape index (κ1) is 16.8. The molecule has 7 nitrogen and oxygen atoms in total. The standard InChI is InChI=1S/C20H18N4O3/c25-19(23-13-17-12-14-4-1-2-5-18(14)26-17)24-15-6-8-16(9-7-15)27-20-21-10-3-11-22-20/h1-11,17H,12-13H2,(H2,23,24,25). The van der Waals surface area contributed by atoms with Gasteiger partial charge in [-0.2, -0.15) is 0 Å². The van der Waals surface area contributed by atoms with Crippen molar-refractivity contribution < 1.29 is 14.3 Å². The summed E-state index contributed by atoms with van der Waals surface area (Å²) in [6.07, 6.45) is 3.96. The number of urea groups is 1. The molecule has 136 valence electrons. The molecular weight excluding hydrogens is 344 g/mol. The summed E-state index contributed by atoms with van der Waals surface area (Å²) in [4.78, 5) is 20.1. The fraction of sp³-hybridized carbons (Fsp3) is 0.150. The summed E-state index contributed by atoms with van der Waals surface area (Å²) >= 11 is 0. The Morgan fingerprint density at radius 1 is 1.07 bits per heavy atom. The highest BCUT2D eigenvalue weighted by Gasteiger charge is 2.22. The third-order valence-electron chi connectivity index (χ3n) is 4.07. The zero-order valence-corrected chi connectivity index (χ0v) is 14.5. The molecule has 1 aliphatic rings. The van der Waals surface area contributed by atoms with E-state index in [-0.39, 0.29) is 18.1 Å². The normalized spacial score (nSPS) is 14.7. The van der Waals surface area contributed by atoms with E-state index in [4.69, 9.17) is 9.47 Å². The van der Waals surface area contributed by atoms with Gasteiger partial charge in [0.15, 0.2) is 0 Å². The van der Waals surface area contributed by atoms with Crippen molar-refractivity contribution in [3.63, 3.8) is 0 Å². The Kier molecular flexibility index (Phi) is 4.82. The van der Waals surface area contributed by atoms with Crippen molar-refractivity contribution in [1.82, 2.24) is 15.3 Å². The topological polar surface area (TPSA) is 85.4 Å². The monoisotopic (exact) mass is 362 g/mol. The van der Waals surface area contributed by atoms with E-state index < -0.39 is 0 Å². The van der Waals surface area contributed by atoms with Gasteiger partial charge >= 0.3 is 12.0 Å². The Labute approximate surface area is 156 Å². The molecule has 2 heterocycles. The number of hydrogen-bond acceptors (Lipinski definition) is 5. The molecule has 1 aliphatic heterocycles. The second-order valence-corrected chi connectivity index (χ2v) is 6.04. The predicted octanol–water partition coefficient (Wildman–Crippen LogP) is 3.39. The van der Waals surface area contributed by atoms with Crippen LogP contribution in [0.5, 0.6) is 17.5 Å². The molecule has 1 unspecified atom stereocenters. The van der Waals surface area contributed by atoms with Crippen molar-refractivity contribution in [1.29, 1.82) is 0 Å². The quantitative estimate of drug-likeness (QED) is 0.727. The van der Waals surface area contributed by atoms with Crippen molar-refractivity contribution >= 4 is 11.7 Å². The number of fused-ring (bicyclic) bond motifs is 1. The minimum absolute atomic E-state index is 0.0465. The predicted molar refractivity (Wildman–Crippen MR) is 100 cm³/mol. The van der Waals surface area contributed by atoms with Crippen LogP contribution in [0.3, 0.4) is 0 Å². The molecule has 27 heavy (non-hydrogen) atoms. The Hall–Kier alpha value is -3.61. The molecule has 2 N–H and O–H groups in total. The number of carbonyl (C=O) groups excluding carboxylic acids is 1. The van der Waals surface area contributed by atoms with E-state index >= 15 is 0 Å². The van der Waals surface area contributed by atoms with Crippen molar-refractivity contribution in [3.8, 4) is 17.5 Å². The maximum atomic E-state index is 12.1. The third kappa shape index (κ3) is 4.33. The van der Waals surface area contributed by atoms with Gasteiger partial charge < -0.3 is 20.1 Å². The average Bonchev–Trinajstić information content (AvgIpc) is 3.12. The van der Waals surface area contributed by atoms with Gasteiger partial charge in [-0.25, -0.2) is 14.8 Å². The third-order valence-corrected chi connectivity index (χ3v) is 4.07. The second-order valence-electron chi connectivity index (χ2n) is 6.04. The number of para-hydroxylation sites is 1. The van der Waals surface area contributed by atoms with Gasteiger partial charge in [0.2, 0.25) is 0 Å². The summed E-state index contributed by atoms with van der Waals surface area (Å²) in [7, 11) is 0. The minimum Gasteiger partial charge on any atom is -0.488 e. The smallest absolute Gasteiger partial charge is 0.321 e. The zero-order valence-electron chi connectivity index (χ0n) is 14.5. The molecule has 7 heteroatoms. The van der Waals surface area contributed by atoms with Crippen LogP contribution >= 0.6 is 0 Å². The SMILES string of the molecule is O=C(NCC1Cc2ccccc2O1)Nc1ccc(Oc2ncccn2)cc1.